The van der Waals surface area contributed by atoms with Gasteiger partial charge in [0.15, 0.2) is 13.2 Å². The average Bonchev–Trinajstić information content (AvgIpc) is 3.21. The largest absolute Gasteiger partial charge is 0.483 e. The van der Waals surface area contributed by atoms with Crippen molar-refractivity contribution in [2.75, 3.05) is 13.2 Å². The van der Waals surface area contributed by atoms with Gasteiger partial charge in [-0.2, -0.15) is 0 Å². The Bertz CT molecular complexity index is 882. The van der Waals surface area contributed by atoms with Crippen LogP contribution in [0.25, 0.3) is 0 Å². The van der Waals surface area contributed by atoms with E-state index in [-0.39, 0.29) is 19.1 Å². The minimum absolute atomic E-state index is 0.182. The van der Waals surface area contributed by atoms with Crippen LogP contribution in [0.5, 0.6) is 5.75 Å². The van der Waals surface area contributed by atoms with Gasteiger partial charge in [0.25, 0.3) is 11.8 Å². The molecule has 1 aromatic heterocycles. The second-order valence-electron chi connectivity index (χ2n) is 6.61. The highest BCUT2D eigenvalue weighted by Crippen LogP contribution is 2.31. The molecule has 29 heavy (non-hydrogen) atoms. The van der Waals surface area contributed by atoms with Crippen LogP contribution in [0.4, 0.5) is 0 Å². The molecule has 0 saturated carbocycles. The van der Waals surface area contributed by atoms with Crippen LogP contribution in [0.1, 0.15) is 42.7 Å². The number of rotatable bonds is 8. The van der Waals surface area contributed by atoms with E-state index in [1.165, 1.54) is 11.3 Å². The van der Waals surface area contributed by atoms with Gasteiger partial charge in [0.1, 0.15) is 5.75 Å². The number of hydrogen-bond acceptors (Lipinski definition) is 6. The van der Waals surface area contributed by atoms with E-state index in [1.54, 1.807) is 13.0 Å². The van der Waals surface area contributed by atoms with Crippen molar-refractivity contribution in [2.24, 2.45) is 5.16 Å². The molecule has 0 unspecified atom stereocenters. The molecule has 1 aromatic carbocycles. The minimum atomic E-state index is -0.536. The van der Waals surface area contributed by atoms with Crippen molar-refractivity contribution in [3.05, 3.63) is 50.7 Å². The maximum absolute atomic E-state index is 11.9. The Labute approximate surface area is 179 Å². The van der Waals surface area contributed by atoms with Gasteiger partial charge in [-0.1, -0.05) is 36.7 Å². The summed E-state index contributed by atoms with van der Waals surface area (Å²) in [6, 6.07) is 7.44. The Kier molecular flexibility index (Phi) is 8.48. The molecule has 0 aliphatic carbocycles. The van der Waals surface area contributed by atoms with Crippen molar-refractivity contribution in [2.45, 2.75) is 33.6 Å². The lowest BCUT2D eigenvalue weighted by Gasteiger charge is -2.16. The van der Waals surface area contributed by atoms with E-state index in [4.69, 9.17) is 21.2 Å². The van der Waals surface area contributed by atoms with Crippen LogP contribution >= 0.6 is 22.9 Å². The zero-order valence-corrected chi connectivity index (χ0v) is 18.3. The SMILES string of the molecule is C/C(=N/OCC(=O)NNC(=O)COc1cc(C)c(Cl)cc1C(C)C)c1cccs1. The van der Waals surface area contributed by atoms with Crippen LogP contribution in [0.15, 0.2) is 34.8 Å². The monoisotopic (exact) mass is 437 g/mol. The highest BCUT2D eigenvalue weighted by molar-refractivity contribution is 7.12. The first-order valence-electron chi connectivity index (χ1n) is 8.99. The zero-order valence-electron chi connectivity index (χ0n) is 16.7. The predicted octanol–water partition coefficient (Wildman–Crippen LogP) is 3.80. The number of nitrogens with zero attached hydrogens (tertiary/aromatic N) is 1. The van der Waals surface area contributed by atoms with Crippen LogP contribution in [0, 0.1) is 6.92 Å². The van der Waals surface area contributed by atoms with Crippen LogP contribution in [0.3, 0.4) is 0 Å². The summed E-state index contributed by atoms with van der Waals surface area (Å²) in [6.07, 6.45) is 0. The van der Waals surface area contributed by atoms with Crippen molar-refractivity contribution >= 4 is 40.5 Å². The molecular weight excluding hydrogens is 414 g/mol. The molecule has 2 aromatic rings. The highest BCUT2D eigenvalue weighted by atomic mass is 35.5. The third-order valence-electron chi connectivity index (χ3n) is 3.89. The van der Waals surface area contributed by atoms with Gasteiger partial charge in [0, 0.05) is 5.02 Å². The summed E-state index contributed by atoms with van der Waals surface area (Å²) in [7, 11) is 0. The van der Waals surface area contributed by atoms with Crippen LogP contribution in [-0.4, -0.2) is 30.7 Å². The fraction of sp³-hybridized carbons (Fsp3) is 0.350. The van der Waals surface area contributed by atoms with Crippen LogP contribution < -0.4 is 15.6 Å². The molecular formula is C20H24ClN3O4S. The third-order valence-corrected chi connectivity index (χ3v) is 5.27. The first-order chi connectivity index (χ1) is 13.8. The number of amides is 2. The van der Waals surface area contributed by atoms with Crippen molar-refractivity contribution in [3.8, 4) is 5.75 Å². The summed E-state index contributed by atoms with van der Waals surface area (Å²) in [5, 5.41) is 6.44. The van der Waals surface area contributed by atoms with E-state index in [9.17, 15) is 9.59 Å². The number of hydrogen-bond donors (Lipinski definition) is 2. The smallest absolute Gasteiger partial charge is 0.279 e. The Balaban J connectivity index is 1.76. The first kappa shape index (κ1) is 22.7. The quantitative estimate of drug-likeness (QED) is 0.485. The molecule has 2 amide bonds. The topological polar surface area (TPSA) is 89.0 Å². The van der Waals surface area contributed by atoms with Gasteiger partial charge in [-0.25, -0.2) is 0 Å². The molecule has 0 atom stereocenters. The maximum Gasteiger partial charge on any atom is 0.279 e. The Morgan fingerprint density at radius 1 is 1.21 bits per heavy atom. The number of carbonyl (C=O) groups excluding carboxylic acids is 2. The van der Waals surface area contributed by atoms with E-state index in [1.807, 2.05) is 44.4 Å². The van der Waals surface area contributed by atoms with Crippen LogP contribution in [0.2, 0.25) is 5.02 Å². The summed E-state index contributed by atoms with van der Waals surface area (Å²) in [5.41, 5.74) is 6.97. The molecule has 0 spiro atoms. The molecule has 0 aliphatic rings. The Morgan fingerprint density at radius 2 is 1.90 bits per heavy atom. The summed E-state index contributed by atoms with van der Waals surface area (Å²) < 4.78 is 5.61. The predicted molar refractivity (Wildman–Crippen MR) is 115 cm³/mol. The summed E-state index contributed by atoms with van der Waals surface area (Å²) >= 11 is 7.69. The minimum Gasteiger partial charge on any atom is -0.483 e. The molecule has 0 fully saturated rings. The second kappa shape index (κ2) is 10.8. The standard InChI is InChI=1S/C20H24ClN3O4S/c1-12(2)15-9-16(21)13(3)8-17(15)27-10-19(25)22-23-20(26)11-28-24-14(4)18-6-5-7-29-18/h5-9,12H,10-11H2,1-4H3,(H,22,25)(H,23,26)/b24-14-. The molecule has 0 radical (unpaired) electrons. The van der Waals surface area contributed by atoms with Crippen LogP contribution in [-0.2, 0) is 14.4 Å². The molecule has 2 rings (SSSR count). The number of benzene rings is 1. The number of carbonyl (C=O) groups is 2. The van der Waals surface area contributed by atoms with E-state index < -0.39 is 11.8 Å². The molecule has 0 aliphatic heterocycles. The van der Waals surface area contributed by atoms with E-state index >= 15 is 0 Å². The van der Waals surface area contributed by atoms with Crippen molar-refractivity contribution in [1.82, 2.24) is 10.9 Å². The highest BCUT2D eigenvalue weighted by Gasteiger charge is 2.13. The molecule has 156 valence electrons. The average molecular weight is 438 g/mol. The van der Waals surface area contributed by atoms with Gasteiger partial charge in [0.05, 0.1) is 10.6 Å². The maximum atomic E-state index is 11.9. The summed E-state index contributed by atoms with van der Waals surface area (Å²) in [6.45, 7) is 7.10. The van der Waals surface area contributed by atoms with Crippen molar-refractivity contribution in [3.63, 3.8) is 0 Å². The lowest BCUT2D eigenvalue weighted by atomic mass is 10.0. The Morgan fingerprint density at radius 3 is 2.52 bits per heavy atom. The molecule has 1 heterocycles. The number of oxime groups is 1. The molecule has 0 bridgehead atoms. The fourth-order valence-corrected chi connectivity index (χ4v) is 3.16. The van der Waals surface area contributed by atoms with Crippen molar-refractivity contribution in [1.29, 1.82) is 0 Å². The number of halogens is 1. The Hall–Kier alpha value is -2.58. The lowest BCUT2D eigenvalue weighted by Crippen LogP contribution is -2.45. The van der Waals surface area contributed by atoms with E-state index in [0.29, 0.717) is 16.5 Å². The second-order valence-corrected chi connectivity index (χ2v) is 7.96. The zero-order chi connectivity index (χ0) is 21.4. The first-order valence-corrected chi connectivity index (χ1v) is 10.2. The third kappa shape index (κ3) is 7.07. The van der Waals surface area contributed by atoms with Crippen molar-refractivity contribution < 1.29 is 19.2 Å². The number of thiophene rings is 1. The van der Waals surface area contributed by atoms with E-state index in [0.717, 1.165) is 16.0 Å². The molecule has 0 saturated heterocycles. The van der Waals surface area contributed by atoms with Gasteiger partial charge >= 0.3 is 0 Å². The summed E-state index contributed by atoms with van der Waals surface area (Å²) in [5.74, 6) is -0.267. The molecule has 7 nitrogen and oxygen atoms in total. The number of aryl methyl sites for hydroxylation is 1. The molecule has 9 heteroatoms. The van der Waals surface area contributed by atoms with Gasteiger partial charge in [0.2, 0.25) is 0 Å². The lowest BCUT2D eigenvalue weighted by molar-refractivity contribution is -0.132. The normalized spacial score (nSPS) is 11.3. The van der Waals surface area contributed by atoms with Gasteiger partial charge < -0.3 is 9.57 Å². The number of hydrazine groups is 1. The van der Waals surface area contributed by atoms with E-state index in [2.05, 4.69) is 16.0 Å². The summed E-state index contributed by atoms with van der Waals surface area (Å²) in [4.78, 5) is 29.6. The van der Waals surface area contributed by atoms with Gasteiger partial charge in [-0.05, 0) is 54.5 Å². The number of nitrogens with one attached hydrogen (secondary N) is 2. The van der Waals surface area contributed by atoms with Gasteiger partial charge in [-0.15, -0.1) is 11.3 Å². The van der Waals surface area contributed by atoms with Gasteiger partial charge in [-0.3, -0.25) is 20.4 Å². The molecule has 2 N–H and O–H groups in total. The fourth-order valence-electron chi connectivity index (χ4n) is 2.32. The number of ether oxygens (including phenoxy) is 1.